The first kappa shape index (κ1) is 12.5. The highest BCUT2D eigenvalue weighted by atomic mass is 19.1. The summed E-state index contributed by atoms with van der Waals surface area (Å²) in [5.41, 5.74) is 5.69. The molecule has 17 heavy (non-hydrogen) atoms. The average Bonchev–Trinajstić information content (AvgIpc) is 2.50. The van der Waals surface area contributed by atoms with Gasteiger partial charge < -0.3 is 10.5 Å². The van der Waals surface area contributed by atoms with E-state index in [-0.39, 0.29) is 5.56 Å². The molecular formula is C13H17F2NO. The maximum atomic E-state index is 14.1. The molecule has 0 radical (unpaired) electrons. The molecule has 0 aliphatic carbocycles. The maximum absolute atomic E-state index is 14.1. The van der Waals surface area contributed by atoms with E-state index in [4.69, 9.17) is 10.5 Å². The van der Waals surface area contributed by atoms with Crippen LogP contribution in [0.5, 0.6) is 0 Å². The Hall–Kier alpha value is -1.00. The summed E-state index contributed by atoms with van der Waals surface area (Å²) in [5.74, 6) is -1.08. The second-order valence-corrected chi connectivity index (χ2v) is 4.68. The first-order chi connectivity index (χ1) is 8.04. The molecule has 1 saturated heterocycles. The predicted octanol–water partition coefficient (Wildman–Crippen LogP) is 2.63. The third-order valence-corrected chi connectivity index (χ3v) is 3.39. The molecule has 1 atom stereocenters. The van der Waals surface area contributed by atoms with Gasteiger partial charge in [-0.25, -0.2) is 8.78 Å². The van der Waals surface area contributed by atoms with Crippen molar-refractivity contribution in [1.29, 1.82) is 0 Å². The Kier molecular flexibility index (Phi) is 3.45. The highest BCUT2D eigenvalue weighted by molar-refractivity contribution is 5.32. The topological polar surface area (TPSA) is 35.2 Å². The van der Waals surface area contributed by atoms with Crippen LogP contribution in [-0.4, -0.2) is 13.2 Å². The maximum Gasteiger partial charge on any atom is 0.134 e. The van der Waals surface area contributed by atoms with Gasteiger partial charge in [-0.15, -0.1) is 0 Å². The van der Waals surface area contributed by atoms with Crippen molar-refractivity contribution in [2.75, 3.05) is 13.2 Å². The predicted molar refractivity (Wildman–Crippen MR) is 61.6 cm³/mol. The second-order valence-electron chi connectivity index (χ2n) is 4.68. The van der Waals surface area contributed by atoms with Crippen molar-refractivity contribution in [2.45, 2.75) is 31.7 Å². The minimum absolute atomic E-state index is 0.0167. The molecule has 2 nitrogen and oxygen atoms in total. The van der Waals surface area contributed by atoms with Gasteiger partial charge in [0.2, 0.25) is 0 Å². The first-order valence-corrected chi connectivity index (χ1v) is 5.86. The molecule has 1 aliphatic heterocycles. The lowest BCUT2D eigenvalue weighted by atomic mass is 9.83. The van der Waals surface area contributed by atoms with E-state index >= 15 is 0 Å². The zero-order chi connectivity index (χ0) is 12.5. The van der Waals surface area contributed by atoms with Crippen LogP contribution in [0.25, 0.3) is 0 Å². The summed E-state index contributed by atoms with van der Waals surface area (Å²) < 4.78 is 33.2. The van der Waals surface area contributed by atoms with Gasteiger partial charge in [0.15, 0.2) is 0 Å². The van der Waals surface area contributed by atoms with E-state index in [1.54, 1.807) is 6.92 Å². The Morgan fingerprint density at radius 2 is 2.00 bits per heavy atom. The van der Waals surface area contributed by atoms with Crippen LogP contribution in [0, 0.1) is 18.6 Å². The normalized spacial score (nSPS) is 25.6. The van der Waals surface area contributed by atoms with Crippen molar-refractivity contribution < 1.29 is 13.5 Å². The highest BCUT2D eigenvalue weighted by Gasteiger charge is 2.34. The zero-order valence-corrected chi connectivity index (χ0v) is 9.93. The SMILES string of the molecule is Cc1ccc(F)c(C2(N)CCCOCC2)c1F. The molecule has 0 bridgehead atoms. The molecule has 1 heterocycles. The number of rotatable bonds is 1. The van der Waals surface area contributed by atoms with E-state index in [1.807, 2.05) is 0 Å². The summed E-state index contributed by atoms with van der Waals surface area (Å²) in [7, 11) is 0. The minimum atomic E-state index is -0.948. The van der Waals surface area contributed by atoms with E-state index < -0.39 is 17.2 Å². The van der Waals surface area contributed by atoms with Gasteiger partial charge in [0.25, 0.3) is 0 Å². The molecule has 94 valence electrons. The van der Waals surface area contributed by atoms with Crippen LogP contribution in [0.2, 0.25) is 0 Å². The van der Waals surface area contributed by atoms with Crippen molar-refractivity contribution in [2.24, 2.45) is 5.73 Å². The molecular weight excluding hydrogens is 224 g/mol. The Balaban J connectivity index is 2.47. The van der Waals surface area contributed by atoms with Gasteiger partial charge in [0.1, 0.15) is 11.6 Å². The number of ether oxygens (including phenoxy) is 1. The van der Waals surface area contributed by atoms with E-state index in [2.05, 4.69) is 0 Å². The molecule has 2 N–H and O–H groups in total. The number of hydrogen-bond donors (Lipinski definition) is 1. The summed E-state index contributed by atoms with van der Waals surface area (Å²) in [6.07, 6.45) is 1.72. The van der Waals surface area contributed by atoms with E-state index in [1.165, 1.54) is 12.1 Å². The monoisotopic (exact) mass is 241 g/mol. The lowest BCUT2D eigenvalue weighted by molar-refractivity contribution is 0.139. The van der Waals surface area contributed by atoms with Gasteiger partial charge in [0, 0.05) is 24.3 Å². The molecule has 1 aromatic rings. The Labute approximate surface area is 99.8 Å². The van der Waals surface area contributed by atoms with Crippen LogP contribution in [0.15, 0.2) is 12.1 Å². The van der Waals surface area contributed by atoms with Gasteiger partial charge in [-0.3, -0.25) is 0 Å². The third-order valence-electron chi connectivity index (χ3n) is 3.39. The fourth-order valence-electron chi connectivity index (χ4n) is 2.33. The van der Waals surface area contributed by atoms with Crippen molar-refractivity contribution in [3.05, 3.63) is 34.9 Å². The fraction of sp³-hybridized carbons (Fsp3) is 0.538. The first-order valence-electron chi connectivity index (χ1n) is 5.86. The molecule has 1 unspecified atom stereocenters. The number of nitrogens with two attached hydrogens (primary N) is 1. The lowest BCUT2D eigenvalue weighted by Gasteiger charge is -2.29. The van der Waals surface area contributed by atoms with E-state index in [0.29, 0.717) is 31.6 Å². The molecule has 1 fully saturated rings. The molecule has 0 aromatic heterocycles. The largest absolute Gasteiger partial charge is 0.381 e. The van der Waals surface area contributed by atoms with Gasteiger partial charge in [-0.1, -0.05) is 6.07 Å². The van der Waals surface area contributed by atoms with Crippen molar-refractivity contribution >= 4 is 0 Å². The Morgan fingerprint density at radius 1 is 1.24 bits per heavy atom. The molecule has 0 saturated carbocycles. The average molecular weight is 241 g/mol. The van der Waals surface area contributed by atoms with Crippen LogP contribution in [0.1, 0.15) is 30.4 Å². The van der Waals surface area contributed by atoms with Crippen molar-refractivity contribution in [3.63, 3.8) is 0 Å². The summed E-state index contributed by atoms with van der Waals surface area (Å²) in [4.78, 5) is 0. The molecule has 1 aromatic carbocycles. The van der Waals surface area contributed by atoms with Gasteiger partial charge >= 0.3 is 0 Å². The van der Waals surface area contributed by atoms with Crippen LogP contribution in [0.4, 0.5) is 8.78 Å². The number of halogens is 2. The molecule has 4 heteroatoms. The van der Waals surface area contributed by atoms with Gasteiger partial charge in [0.05, 0.1) is 0 Å². The smallest absolute Gasteiger partial charge is 0.134 e. The summed E-state index contributed by atoms with van der Waals surface area (Å²) >= 11 is 0. The van der Waals surface area contributed by atoms with Crippen molar-refractivity contribution in [1.82, 2.24) is 0 Å². The van der Waals surface area contributed by atoms with Crippen LogP contribution in [-0.2, 0) is 10.3 Å². The van der Waals surface area contributed by atoms with Gasteiger partial charge in [-0.05, 0) is 37.8 Å². The standard InChI is InChI=1S/C13H17F2NO/c1-9-3-4-10(14)11(12(9)15)13(16)5-2-7-17-8-6-13/h3-4H,2,5-8,16H2,1H3. The number of hydrogen-bond acceptors (Lipinski definition) is 2. The van der Waals surface area contributed by atoms with E-state index in [0.717, 1.165) is 6.42 Å². The number of benzene rings is 1. The van der Waals surface area contributed by atoms with Crippen molar-refractivity contribution in [3.8, 4) is 0 Å². The van der Waals surface area contributed by atoms with Crippen LogP contribution < -0.4 is 5.73 Å². The lowest BCUT2D eigenvalue weighted by Crippen LogP contribution is -2.39. The molecule has 0 spiro atoms. The second kappa shape index (κ2) is 4.70. The third kappa shape index (κ3) is 2.33. The quantitative estimate of drug-likeness (QED) is 0.820. The van der Waals surface area contributed by atoms with E-state index in [9.17, 15) is 8.78 Å². The van der Waals surface area contributed by atoms with Crippen LogP contribution in [0.3, 0.4) is 0 Å². The molecule has 1 aliphatic rings. The minimum Gasteiger partial charge on any atom is -0.381 e. The zero-order valence-electron chi connectivity index (χ0n) is 9.93. The molecule has 0 amide bonds. The van der Waals surface area contributed by atoms with Crippen LogP contribution >= 0.6 is 0 Å². The summed E-state index contributed by atoms with van der Waals surface area (Å²) in [6.45, 7) is 2.67. The molecule has 2 rings (SSSR count). The van der Waals surface area contributed by atoms with Gasteiger partial charge in [-0.2, -0.15) is 0 Å². The highest BCUT2D eigenvalue weighted by Crippen LogP contribution is 2.34. The number of aryl methyl sites for hydroxylation is 1. The summed E-state index contributed by atoms with van der Waals surface area (Å²) in [5, 5.41) is 0. The fourth-order valence-corrected chi connectivity index (χ4v) is 2.33. The Morgan fingerprint density at radius 3 is 2.76 bits per heavy atom. The Bertz CT molecular complexity index is 412. The summed E-state index contributed by atoms with van der Waals surface area (Å²) in [6, 6.07) is 2.72.